The minimum Gasteiger partial charge on any atom is -0.497 e. The number of aromatic nitrogens is 2. The Morgan fingerprint density at radius 2 is 1.17 bits per heavy atom. The largest absolute Gasteiger partial charge is 0.497 e. The molecule has 10 rings (SSSR count). The first-order chi connectivity index (χ1) is 23.6. The molecule has 6 fully saturated rings. The van der Waals surface area contributed by atoms with Gasteiger partial charge in [0.15, 0.2) is 0 Å². The average molecular weight is 679 g/mol. The molecule has 0 N–H and O–H groups in total. The number of fused-ring (bicyclic) bond motifs is 8. The Kier molecular flexibility index (Phi) is 9.18. The standard InChI is InChI=1S/C40H46N4O2S2/c1-5-25-23-43-17-13-27(25)19-37(43)39(31-11-15-41-35-9-7-29(45-3)21-33(31)35)47-48-40(38-20-28-14-18-44(38)24-26(28)6-2)32-12-16-42-36-10-8-30(46-4)22-34(32)36/h5-12,15-16,21-22,25-28,37-40H,1-2,13-14,17-20,23-24H2,3-4H3/t25-,26-,27-,28-,37+,38+,39-,40-/m0/s1. The van der Waals surface area contributed by atoms with Crippen LogP contribution >= 0.6 is 21.6 Å². The molecule has 250 valence electrons. The van der Waals surface area contributed by atoms with Crippen molar-refractivity contribution in [1.29, 1.82) is 0 Å². The van der Waals surface area contributed by atoms with Crippen LogP contribution in [0.3, 0.4) is 0 Å². The first kappa shape index (κ1) is 32.2. The molecule has 0 amide bonds. The number of hydrogen-bond donors (Lipinski definition) is 0. The van der Waals surface area contributed by atoms with E-state index < -0.39 is 0 Å². The first-order valence-electron chi connectivity index (χ1n) is 17.5. The predicted octanol–water partition coefficient (Wildman–Crippen LogP) is 8.76. The van der Waals surface area contributed by atoms with Crippen LogP contribution in [0.5, 0.6) is 11.5 Å². The monoisotopic (exact) mass is 678 g/mol. The fraction of sp³-hybridized carbons (Fsp3) is 0.450. The van der Waals surface area contributed by atoms with Crippen LogP contribution in [-0.4, -0.2) is 72.3 Å². The maximum absolute atomic E-state index is 5.73. The number of rotatable bonds is 11. The lowest BCUT2D eigenvalue weighted by Gasteiger charge is -2.52. The highest BCUT2D eigenvalue weighted by molar-refractivity contribution is 8.76. The van der Waals surface area contributed by atoms with Gasteiger partial charge in [-0.3, -0.25) is 19.8 Å². The molecule has 0 spiro atoms. The second-order valence-electron chi connectivity index (χ2n) is 14.1. The van der Waals surface area contributed by atoms with Gasteiger partial charge in [0.1, 0.15) is 11.5 Å². The quantitative estimate of drug-likeness (QED) is 0.115. The fourth-order valence-corrected chi connectivity index (χ4v) is 13.0. The van der Waals surface area contributed by atoms with Gasteiger partial charge >= 0.3 is 0 Å². The van der Waals surface area contributed by atoms with Crippen LogP contribution in [0.15, 0.2) is 86.2 Å². The lowest BCUT2D eigenvalue weighted by atomic mass is 9.74. The van der Waals surface area contributed by atoms with E-state index in [9.17, 15) is 0 Å². The number of benzene rings is 2. The van der Waals surface area contributed by atoms with Crippen molar-refractivity contribution in [2.24, 2.45) is 23.7 Å². The minimum absolute atomic E-state index is 0.267. The molecule has 2 unspecified atom stereocenters. The summed E-state index contributed by atoms with van der Waals surface area (Å²) in [6.07, 6.45) is 13.3. The van der Waals surface area contributed by atoms with Crippen molar-refractivity contribution in [2.75, 3.05) is 40.4 Å². The van der Waals surface area contributed by atoms with E-state index in [1.165, 1.54) is 47.6 Å². The summed E-state index contributed by atoms with van der Waals surface area (Å²) >= 11 is 0. The minimum atomic E-state index is 0.267. The van der Waals surface area contributed by atoms with Gasteiger partial charge in [-0.05, 0) is 122 Å². The van der Waals surface area contributed by atoms with E-state index in [4.69, 9.17) is 19.4 Å². The van der Waals surface area contributed by atoms with E-state index in [0.29, 0.717) is 35.8 Å². The van der Waals surface area contributed by atoms with E-state index >= 15 is 0 Å². The Morgan fingerprint density at radius 3 is 1.54 bits per heavy atom. The topological polar surface area (TPSA) is 50.7 Å². The third-order valence-electron chi connectivity index (χ3n) is 11.8. The van der Waals surface area contributed by atoms with Gasteiger partial charge in [-0.2, -0.15) is 0 Å². The number of methoxy groups -OCH3 is 2. The van der Waals surface area contributed by atoms with Gasteiger partial charge in [0.2, 0.25) is 0 Å². The summed E-state index contributed by atoms with van der Waals surface area (Å²) in [7, 11) is 7.68. The zero-order valence-electron chi connectivity index (χ0n) is 28.0. The van der Waals surface area contributed by atoms with Crippen molar-refractivity contribution in [3.05, 3.63) is 97.4 Å². The number of ether oxygens (including phenoxy) is 2. The smallest absolute Gasteiger partial charge is 0.119 e. The Balaban J connectivity index is 1.21. The number of piperidine rings is 6. The highest BCUT2D eigenvalue weighted by Crippen LogP contribution is 2.57. The fourth-order valence-electron chi connectivity index (χ4n) is 9.19. The average Bonchev–Trinajstić information content (AvgIpc) is 3.16. The van der Waals surface area contributed by atoms with Crippen molar-refractivity contribution in [3.63, 3.8) is 0 Å². The molecule has 4 bridgehead atoms. The molecule has 0 aliphatic carbocycles. The summed E-state index contributed by atoms with van der Waals surface area (Å²) < 4.78 is 11.5. The van der Waals surface area contributed by atoms with Gasteiger partial charge in [-0.1, -0.05) is 33.7 Å². The molecule has 6 nitrogen and oxygen atoms in total. The molecule has 0 radical (unpaired) electrons. The van der Waals surface area contributed by atoms with Gasteiger partial charge < -0.3 is 9.47 Å². The second kappa shape index (κ2) is 13.7. The molecule has 10 atom stereocenters. The molecular formula is C40H46N4O2S2. The molecule has 0 saturated carbocycles. The maximum Gasteiger partial charge on any atom is 0.119 e. The Bertz CT molecular complexity index is 1690. The summed E-state index contributed by atoms with van der Waals surface area (Å²) in [4.78, 5) is 15.1. The third-order valence-corrected chi connectivity index (χ3v) is 15.1. The molecular weight excluding hydrogens is 633 g/mol. The third kappa shape index (κ3) is 5.82. The summed E-state index contributed by atoms with van der Waals surface area (Å²) in [5, 5.41) is 2.93. The van der Waals surface area contributed by atoms with E-state index in [1.54, 1.807) is 14.2 Å². The SMILES string of the molecule is C=C[C@H]1CN2CC[C@H]1C[C@@H]2[C@@H](SS[C@@H](c1ccnc2ccc(OC)cc12)[C@H]1C[C@@H]2CCN1C[C@@H]2C=C)c1ccnc2ccc(OC)cc12. The normalized spacial score (nSPS) is 30.6. The van der Waals surface area contributed by atoms with Crippen molar-refractivity contribution in [3.8, 4) is 11.5 Å². The van der Waals surface area contributed by atoms with Crippen LogP contribution in [0.2, 0.25) is 0 Å². The summed E-state index contributed by atoms with van der Waals surface area (Å²) in [5.41, 5.74) is 4.78. The van der Waals surface area contributed by atoms with E-state index in [-0.39, 0.29) is 10.5 Å². The lowest BCUT2D eigenvalue weighted by Crippen LogP contribution is -2.54. The van der Waals surface area contributed by atoms with Crippen LogP contribution in [0.4, 0.5) is 0 Å². The van der Waals surface area contributed by atoms with Gasteiger partial charge in [0.25, 0.3) is 0 Å². The maximum atomic E-state index is 5.73. The van der Waals surface area contributed by atoms with Crippen LogP contribution in [0, 0.1) is 23.7 Å². The Morgan fingerprint density at radius 1 is 0.708 bits per heavy atom. The first-order valence-corrected chi connectivity index (χ1v) is 19.8. The molecule has 2 aromatic carbocycles. The molecule has 6 aliphatic rings. The van der Waals surface area contributed by atoms with Gasteiger partial charge in [-0.15, -0.1) is 13.2 Å². The van der Waals surface area contributed by atoms with Crippen LogP contribution in [-0.2, 0) is 0 Å². The highest BCUT2D eigenvalue weighted by atomic mass is 33.1. The molecule has 6 saturated heterocycles. The van der Waals surface area contributed by atoms with Crippen LogP contribution in [0.1, 0.15) is 47.3 Å². The molecule has 4 aromatic rings. The summed E-state index contributed by atoms with van der Waals surface area (Å²) in [5.74, 6) is 4.30. The molecule has 8 heteroatoms. The highest BCUT2D eigenvalue weighted by Gasteiger charge is 2.46. The predicted molar refractivity (Wildman–Crippen MR) is 201 cm³/mol. The number of hydrogen-bond acceptors (Lipinski definition) is 8. The van der Waals surface area contributed by atoms with E-state index in [1.807, 2.05) is 24.5 Å². The van der Waals surface area contributed by atoms with E-state index in [0.717, 1.165) is 48.7 Å². The van der Waals surface area contributed by atoms with Crippen molar-refractivity contribution < 1.29 is 9.47 Å². The second-order valence-corrected chi connectivity index (χ2v) is 16.6. The summed E-state index contributed by atoms with van der Waals surface area (Å²) in [6.45, 7) is 13.0. The van der Waals surface area contributed by atoms with Crippen LogP contribution in [0.25, 0.3) is 21.8 Å². The number of pyridine rings is 2. The lowest BCUT2D eigenvalue weighted by molar-refractivity contribution is 0.0179. The Labute approximate surface area is 292 Å². The molecule has 2 aromatic heterocycles. The number of nitrogens with zero attached hydrogens (tertiary/aromatic N) is 4. The van der Waals surface area contributed by atoms with Crippen molar-refractivity contribution >= 4 is 43.4 Å². The van der Waals surface area contributed by atoms with Crippen LogP contribution < -0.4 is 9.47 Å². The van der Waals surface area contributed by atoms with Gasteiger partial charge in [0, 0.05) is 48.3 Å². The summed E-state index contributed by atoms with van der Waals surface area (Å²) in [6, 6.07) is 18.1. The van der Waals surface area contributed by atoms with Gasteiger partial charge in [0.05, 0.1) is 35.8 Å². The van der Waals surface area contributed by atoms with Gasteiger partial charge in [-0.25, -0.2) is 0 Å². The van der Waals surface area contributed by atoms with E-state index in [2.05, 4.69) is 93.1 Å². The molecule has 48 heavy (non-hydrogen) atoms. The van der Waals surface area contributed by atoms with Crippen molar-refractivity contribution in [2.45, 2.75) is 48.3 Å². The zero-order valence-corrected chi connectivity index (χ0v) is 29.7. The zero-order chi connectivity index (χ0) is 32.8. The van der Waals surface area contributed by atoms with Crippen molar-refractivity contribution in [1.82, 2.24) is 19.8 Å². The molecule has 8 heterocycles. The molecule has 6 aliphatic heterocycles. The Hall–Kier alpha value is -3.04.